The molecule has 0 amide bonds. The van der Waals surface area contributed by atoms with Gasteiger partial charge in [0.05, 0.1) is 20.6 Å². The summed E-state index contributed by atoms with van der Waals surface area (Å²) in [7, 11) is 3.85. The molecule has 1 rings (SSSR count). The van der Waals surface area contributed by atoms with Gasteiger partial charge in [0.15, 0.2) is 0 Å². The van der Waals surface area contributed by atoms with Crippen LogP contribution in [0.15, 0.2) is 0 Å². The zero-order valence-electron chi connectivity index (χ0n) is 6.82. The Hall–Kier alpha value is -0.610. The molecular formula is C7H14NO3+. The maximum atomic E-state index is 10.5. The van der Waals surface area contributed by atoms with E-state index in [4.69, 9.17) is 5.11 Å². The second-order valence-corrected chi connectivity index (χ2v) is 3.81. The molecule has 1 fully saturated rings. The first-order valence-corrected chi connectivity index (χ1v) is 3.65. The molecule has 1 unspecified atom stereocenters. The molecule has 1 aliphatic heterocycles. The van der Waals surface area contributed by atoms with Crippen molar-refractivity contribution in [1.82, 2.24) is 0 Å². The topological polar surface area (TPSA) is 57.5 Å². The molecule has 1 heterocycles. The first kappa shape index (κ1) is 8.49. The summed E-state index contributed by atoms with van der Waals surface area (Å²) < 4.78 is 0.595. The lowest BCUT2D eigenvalue weighted by atomic mass is 10.1. The molecule has 4 nitrogen and oxygen atoms in total. The summed E-state index contributed by atoms with van der Waals surface area (Å²) in [5.74, 6) is -1.47. The van der Waals surface area contributed by atoms with E-state index in [9.17, 15) is 9.90 Å². The van der Waals surface area contributed by atoms with E-state index in [2.05, 4.69) is 0 Å². The third kappa shape index (κ3) is 1.70. The lowest BCUT2D eigenvalue weighted by Gasteiger charge is -2.22. The zero-order chi connectivity index (χ0) is 8.65. The van der Waals surface area contributed by atoms with Crippen LogP contribution < -0.4 is 0 Å². The second kappa shape index (κ2) is 2.46. The Labute approximate surface area is 65.6 Å². The third-order valence-corrected chi connectivity index (χ3v) is 2.15. The number of quaternary nitrogens is 1. The molecule has 1 saturated heterocycles. The van der Waals surface area contributed by atoms with Gasteiger partial charge in [0.25, 0.3) is 0 Å². The van der Waals surface area contributed by atoms with Crippen molar-refractivity contribution in [3.8, 4) is 0 Å². The molecule has 4 heteroatoms. The van der Waals surface area contributed by atoms with E-state index >= 15 is 0 Å². The van der Waals surface area contributed by atoms with Gasteiger partial charge in [-0.1, -0.05) is 0 Å². The quantitative estimate of drug-likeness (QED) is 0.491. The highest BCUT2D eigenvalue weighted by Gasteiger charge is 2.43. The van der Waals surface area contributed by atoms with Crippen molar-refractivity contribution in [1.29, 1.82) is 0 Å². The van der Waals surface area contributed by atoms with Gasteiger partial charge in [-0.15, -0.1) is 0 Å². The molecule has 0 aromatic rings. The van der Waals surface area contributed by atoms with Gasteiger partial charge in [-0.05, 0) is 0 Å². The van der Waals surface area contributed by atoms with E-state index in [1.54, 1.807) is 0 Å². The molecule has 0 spiro atoms. The van der Waals surface area contributed by atoms with Gasteiger partial charge in [0.1, 0.15) is 18.6 Å². The number of likely N-dealkylation sites (tertiary alicyclic amines) is 1. The van der Waals surface area contributed by atoms with Crippen LogP contribution >= 0.6 is 0 Å². The standard InChI is InChI=1S/C7H13NO3/c1-8(2)3-5(7(10)11)6(9)4-8/h5-6,9H,3-4H2,1-2H3/p+1/t5-,6?/m1/s1. The van der Waals surface area contributed by atoms with Gasteiger partial charge in [0.2, 0.25) is 0 Å². The van der Waals surface area contributed by atoms with Crippen molar-refractivity contribution in [2.24, 2.45) is 5.92 Å². The van der Waals surface area contributed by atoms with Gasteiger partial charge in [-0.3, -0.25) is 4.79 Å². The van der Waals surface area contributed by atoms with Crippen LogP contribution in [0.25, 0.3) is 0 Å². The van der Waals surface area contributed by atoms with Crippen LogP contribution in [0.1, 0.15) is 0 Å². The Morgan fingerprint density at radius 2 is 2.00 bits per heavy atom. The number of aliphatic carboxylic acids is 1. The summed E-state index contributed by atoms with van der Waals surface area (Å²) in [6.45, 7) is 1.06. The van der Waals surface area contributed by atoms with E-state index in [1.807, 2.05) is 14.1 Å². The lowest BCUT2D eigenvalue weighted by Crippen LogP contribution is -2.37. The van der Waals surface area contributed by atoms with E-state index < -0.39 is 18.0 Å². The fourth-order valence-corrected chi connectivity index (χ4v) is 1.60. The van der Waals surface area contributed by atoms with Crippen LogP contribution in [-0.4, -0.2) is 54.0 Å². The van der Waals surface area contributed by atoms with Crippen molar-refractivity contribution >= 4 is 5.97 Å². The smallest absolute Gasteiger partial charge is 0.315 e. The third-order valence-electron chi connectivity index (χ3n) is 2.15. The average Bonchev–Trinajstić information content (AvgIpc) is 2.05. The molecule has 0 aromatic heterocycles. The predicted octanol–water partition coefficient (Wildman–Crippen LogP) is -0.862. The van der Waals surface area contributed by atoms with E-state index in [0.717, 1.165) is 0 Å². The van der Waals surface area contributed by atoms with E-state index in [1.165, 1.54) is 0 Å². The zero-order valence-corrected chi connectivity index (χ0v) is 6.82. The summed E-state index contributed by atoms with van der Waals surface area (Å²) in [5, 5.41) is 17.9. The maximum Gasteiger partial charge on any atom is 0.315 e. The molecule has 0 aliphatic carbocycles. The molecule has 0 saturated carbocycles. The molecule has 0 radical (unpaired) electrons. The molecule has 2 atom stereocenters. The van der Waals surface area contributed by atoms with E-state index in [0.29, 0.717) is 17.6 Å². The van der Waals surface area contributed by atoms with Crippen LogP contribution in [0, 0.1) is 5.92 Å². The molecule has 0 aromatic carbocycles. The highest BCUT2D eigenvalue weighted by Crippen LogP contribution is 2.20. The van der Waals surface area contributed by atoms with Crippen LogP contribution in [0.4, 0.5) is 0 Å². The summed E-state index contributed by atoms with van der Waals surface area (Å²) in [4.78, 5) is 10.5. The Balaban J connectivity index is 2.66. The summed E-state index contributed by atoms with van der Waals surface area (Å²) >= 11 is 0. The second-order valence-electron chi connectivity index (χ2n) is 3.81. The minimum atomic E-state index is -0.888. The van der Waals surface area contributed by atoms with Crippen molar-refractivity contribution in [3.05, 3.63) is 0 Å². The highest BCUT2D eigenvalue weighted by molar-refractivity contribution is 5.71. The number of aliphatic hydroxyl groups excluding tert-OH is 1. The van der Waals surface area contributed by atoms with Crippen molar-refractivity contribution in [3.63, 3.8) is 0 Å². The first-order valence-electron chi connectivity index (χ1n) is 3.65. The number of aliphatic hydroxyl groups is 1. The van der Waals surface area contributed by atoms with Crippen molar-refractivity contribution in [2.45, 2.75) is 6.10 Å². The SMILES string of the molecule is C[N+]1(C)CC(O)[C@H](C(=O)O)C1. The van der Waals surface area contributed by atoms with Crippen molar-refractivity contribution in [2.75, 3.05) is 27.2 Å². The highest BCUT2D eigenvalue weighted by atomic mass is 16.4. The largest absolute Gasteiger partial charge is 0.481 e. The number of likely N-dealkylation sites (N-methyl/N-ethyl adjacent to an activating group) is 1. The van der Waals surface area contributed by atoms with Crippen LogP contribution in [-0.2, 0) is 4.79 Å². The van der Waals surface area contributed by atoms with Crippen LogP contribution in [0.5, 0.6) is 0 Å². The summed E-state index contributed by atoms with van der Waals surface area (Å²) in [6, 6.07) is 0. The molecule has 11 heavy (non-hydrogen) atoms. The molecule has 0 bridgehead atoms. The lowest BCUT2D eigenvalue weighted by molar-refractivity contribution is -0.880. The minimum absolute atomic E-state index is 0.524. The summed E-state index contributed by atoms with van der Waals surface area (Å²) in [6.07, 6.45) is -0.678. The fourth-order valence-electron chi connectivity index (χ4n) is 1.60. The number of rotatable bonds is 1. The number of hydrogen-bond acceptors (Lipinski definition) is 2. The van der Waals surface area contributed by atoms with E-state index in [-0.39, 0.29) is 0 Å². The molecule has 2 N–H and O–H groups in total. The van der Waals surface area contributed by atoms with Gasteiger partial charge in [-0.2, -0.15) is 0 Å². The first-order chi connectivity index (χ1) is 4.92. The Morgan fingerprint density at radius 3 is 2.18 bits per heavy atom. The number of hydrogen-bond donors (Lipinski definition) is 2. The average molecular weight is 160 g/mol. The monoisotopic (exact) mass is 160 g/mol. The Morgan fingerprint density at radius 1 is 1.45 bits per heavy atom. The minimum Gasteiger partial charge on any atom is -0.481 e. The summed E-state index contributed by atoms with van der Waals surface area (Å²) in [5.41, 5.74) is 0. The van der Waals surface area contributed by atoms with Gasteiger partial charge in [0, 0.05) is 0 Å². The van der Waals surface area contributed by atoms with Gasteiger partial charge in [-0.25, -0.2) is 0 Å². The molecule has 1 aliphatic rings. The van der Waals surface area contributed by atoms with Crippen molar-refractivity contribution < 1.29 is 19.5 Å². The van der Waals surface area contributed by atoms with Gasteiger partial charge >= 0.3 is 5.97 Å². The number of carboxylic acid groups (broad SMARTS) is 1. The predicted molar refractivity (Wildman–Crippen MR) is 39.0 cm³/mol. The van der Waals surface area contributed by atoms with Crippen LogP contribution in [0.3, 0.4) is 0 Å². The molecule has 64 valence electrons. The Bertz CT molecular complexity index is 179. The van der Waals surface area contributed by atoms with Gasteiger partial charge < -0.3 is 14.7 Å². The fraction of sp³-hybridized carbons (Fsp3) is 0.857. The number of carbonyl (C=O) groups is 1. The maximum absolute atomic E-state index is 10.5. The number of nitrogens with zero attached hydrogens (tertiary/aromatic N) is 1. The normalized spacial score (nSPS) is 35.5. The molecular weight excluding hydrogens is 146 g/mol. The Kier molecular flexibility index (Phi) is 1.90. The van der Waals surface area contributed by atoms with Crippen LogP contribution in [0.2, 0.25) is 0 Å². The number of carboxylic acids is 1.